The monoisotopic (exact) mass is 425 g/mol. The van der Waals surface area contributed by atoms with Crippen molar-refractivity contribution in [2.75, 3.05) is 12.3 Å². The summed E-state index contributed by atoms with van der Waals surface area (Å²) in [5, 5.41) is 4.09. The summed E-state index contributed by atoms with van der Waals surface area (Å²) in [5.41, 5.74) is 3.34. The number of thioether (sulfide) groups is 1. The number of amides is 1. The summed E-state index contributed by atoms with van der Waals surface area (Å²) >= 11 is 13.7. The van der Waals surface area contributed by atoms with Crippen molar-refractivity contribution < 1.29 is 9.53 Å². The second kappa shape index (κ2) is 10.8. The van der Waals surface area contributed by atoms with Crippen LogP contribution in [0.15, 0.2) is 36.4 Å². The molecule has 0 aliphatic heterocycles. The normalized spacial score (nSPS) is 11.9. The largest absolute Gasteiger partial charge is 0.480 e. The molecule has 0 aromatic heterocycles. The van der Waals surface area contributed by atoms with Crippen molar-refractivity contribution in [3.63, 3.8) is 0 Å². The van der Waals surface area contributed by atoms with E-state index in [0.29, 0.717) is 23.0 Å². The maximum absolute atomic E-state index is 12.4. The van der Waals surface area contributed by atoms with Gasteiger partial charge in [-0.1, -0.05) is 48.3 Å². The van der Waals surface area contributed by atoms with E-state index in [4.69, 9.17) is 27.9 Å². The van der Waals surface area contributed by atoms with Gasteiger partial charge in [-0.15, -0.1) is 0 Å². The molecular formula is C21H25Cl2NO2S. The number of halogens is 2. The number of carbonyl (C=O) groups excluding carboxylic acids is 1. The molecule has 1 atom stereocenters. The second-order valence-corrected chi connectivity index (χ2v) is 8.22. The summed E-state index contributed by atoms with van der Waals surface area (Å²) < 4.78 is 5.94. The average Bonchev–Trinajstić information content (AvgIpc) is 2.65. The van der Waals surface area contributed by atoms with E-state index in [1.54, 1.807) is 17.8 Å². The second-order valence-electron chi connectivity index (χ2n) is 6.30. The van der Waals surface area contributed by atoms with Gasteiger partial charge in [0, 0.05) is 18.1 Å². The lowest BCUT2D eigenvalue weighted by Crippen LogP contribution is -2.39. The van der Waals surface area contributed by atoms with E-state index in [9.17, 15) is 4.79 Å². The Balaban J connectivity index is 1.76. The van der Waals surface area contributed by atoms with Crippen LogP contribution < -0.4 is 10.1 Å². The van der Waals surface area contributed by atoms with Crippen LogP contribution in [0.25, 0.3) is 0 Å². The van der Waals surface area contributed by atoms with Gasteiger partial charge >= 0.3 is 0 Å². The number of hydrogen-bond acceptors (Lipinski definition) is 3. The Morgan fingerprint density at radius 3 is 2.67 bits per heavy atom. The molecule has 0 saturated carbocycles. The summed E-state index contributed by atoms with van der Waals surface area (Å²) in [6, 6.07) is 11.5. The third-order valence-corrected chi connectivity index (χ3v) is 6.06. The first-order valence-electron chi connectivity index (χ1n) is 8.94. The van der Waals surface area contributed by atoms with Crippen LogP contribution in [0.1, 0.15) is 30.0 Å². The van der Waals surface area contributed by atoms with E-state index in [0.717, 1.165) is 33.9 Å². The predicted molar refractivity (Wildman–Crippen MR) is 116 cm³/mol. The zero-order valence-electron chi connectivity index (χ0n) is 15.9. The molecule has 6 heteroatoms. The van der Waals surface area contributed by atoms with Crippen LogP contribution in [0, 0.1) is 13.8 Å². The highest BCUT2D eigenvalue weighted by Gasteiger charge is 2.18. The van der Waals surface area contributed by atoms with Gasteiger partial charge in [0.1, 0.15) is 5.75 Å². The fraction of sp³-hybridized carbons (Fsp3) is 0.381. The summed E-state index contributed by atoms with van der Waals surface area (Å²) in [4.78, 5) is 12.4. The van der Waals surface area contributed by atoms with E-state index < -0.39 is 6.10 Å². The minimum absolute atomic E-state index is 0.0754. The molecule has 1 amide bonds. The third kappa shape index (κ3) is 6.63. The molecule has 2 aromatic carbocycles. The van der Waals surface area contributed by atoms with Crippen molar-refractivity contribution in [3.8, 4) is 5.75 Å². The number of ether oxygens (including phenoxy) is 1. The maximum Gasteiger partial charge on any atom is 0.261 e. The minimum Gasteiger partial charge on any atom is -0.480 e. The predicted octanol–water partition coefficient (Wildman–Crippen LogP) is 5.82. The SMILES string of the molecule is CC[C@H](Oc1cccc(C)c1C)C(=O)NCCSCc1ccc(Cl)c(Cl)c1. The summed E-state index contributed by atoms with van der Waals surface area (Å²) in [5.74, 6) is 2.33. The molecule has 0 bridgehead atoms. The third-order valence-electron chi connectivity index (χ3n) is 4.29. The zero-order chi connectivity index (χ0) is 19.8. The molecule has 0 heterocycles. The van der Waals surface area contributed by atoms with Gasteiger partial charge in [0.25, 0.3) is 5.91 Å². The van der Waals surface area contributed by atoms with Crippen LogP contribution in [-0.2, 0) is 10.5 Å². The zero-order valence-corrected chi connectivity index (χ0v) is 18.2. The number of hydrogen-bond donors (Lipinski definition) is 1. The molecule has 0 aliphatic rings. The topological polar surface area (TPSA) is 38.3 Å². The standard InChI is InChI=1S/C21H25Cl2NO2S/c1-4-19(26-20-7-5-6-14(2)15(20)3)21(25)24-10-11-27-13-16-8-9-17(22)18(23)12-16/h5-9,12,19H,4,10-11,13H2,1-3H3,(H,24,25)/t19-/m0/s1. The smallest absolute Gasteiger partial charge is 0.261 e. The van der Waals surface area contributed by atoms with Gasteiger partial charge in [0.05, 0.1) is 10.0 Å². The molecule has 0 saturated heterocycles. The van der Waals surface area contributed by atoms with E-state index >= 15 is 0 Å². The van der Waals surface area contributed by atoms with Crippen LogP contribution in [0.3, 0.4) is 0 Å². The van der Waals surface area contributed by atoms with Crippen LogP contribution in [0.5, 0.6) is 5.75 Å². The molecule has 2 aromatic rings. The number of nitrogens with one attached hydrogen (secondary N) is 1. The Labute approximate surface area is 175 Å². The van der Waals surface area contributed by atoms with Gasteiger partial charge in [-0.3, -0.25) is 4.79 Å². The lowest BCUT2D eigenvalue weighted by molar-refractivity contribution is -0.128. The molecule has 0 unspecified atom stereocenters. The molecular weight excluding hydrogens is 401 g/mol. The molecule has 3 nitrogen and oxygen atoms in total. The van der Waals surface area contributed by atoms with E-state index in [1.165, 1.54) is 0 Å². The van der Waals surface area contributed by atoms with Gasteiger partial charge in [-0.2, -0.15) is 11.8 Å². The Kier molecular flexibility index (Phi) is 8.81. The first-order valence-corrected chi connectivity index (χ1v) is 10.9. The van der Waals surface area contributed by atoms with Crippen molar-refractivity contribution >= 4 is 40.9 Å². The number of benzene rings is 2. The number of rotatable bonds is 9. The molecule has 0 spiro atoms. The lowest BCUT2D eigenvalue weighted by Gasteiger charge is -2.19. The quantitative estimate of drug-likeness (QED) is 0.514. The Bertz CT molecular complexity index is 783. The summed E-state index contributed by atoms with van der Waals surface area (Å²) in [6.45, 7) is 6.59. The molecule has 146 valence electrons. The van der Waals surface area contributed by atoms with E-state index in [2.05, 4.69) is 5.32 Å². The first kappa shape index (κ1) is 21.9. The average molecular weight is 426 g/mol. The number of aryl methyl sites for hydroxylation is 1. The van der Waals surface area contributed by atoms with Gasteiger partial charge < -0.3 is 10.1 Å². The first-order chi connectivity index (χ1) is 12.9. The van der Waals surface area contributed by atoms with Crippen molar-refractivity contribution in [2.24, 2.45) is 0 Å². The Morgan fingerprint density at radius 1 is 1.19 bits per heavy atom. The van der Waals surface area contributed by atoms with Crippen molar-refractivity contribution in [2.45, 2.75) is 39.0 Å². The molecule has 0 fully saturated rings. The molecule has 0 radical (unpaired) electrons. The van der Waals surface area contributed by atoms with Gasteiger partial charge in [-0.25, -0.2) is 0 Å². The van der Waals surface area contributed by atoms with Crippen molar-refractivity contribution in [1.29, 1.82) is 0 Å². The van der Waals surface area contributed by atoms with Crippen LogP contribution in [0.2, 0.25) is 10.0 Å². The van der Waals surface area contributed by atoms with Gasteiger partial charge in [0.2, 0.25) is 0 Å². The molecule has 27 heavy (non-hydrogen) atoms. The summed E-state index contributed by atoms with van der Waals surface area (Å²) in [6.07, 6.45) is 0.140. The highest BCUT2D eigenvalue weighted by Crippen LogP contribution is 2.25. The lowest BCUT2D eigenvalue weighted by atomic mass is 10.1. The minimum atomic E-state index is -0.481. The molecule has 0 aliphatic carbocycles. The van der Waals surface area contributed by atoms with Crippen LogP contribution >= 0.6 is 35.0 Å². The fourth-order valence-electron chi connectivity index (χ4n) is 2.51. The van der Waals surface area contributed by atoms with E-state index in [1.807, 2.05) is 51.1 Å². The fourth-order valence-corrected chi connectivity index (χ4v) is 3.63. The Morgan fingerprint density at radius 2 is 1.96 bits per heavy atom. The maximum atomic E-state index is 12.4. The Hall–Kier alpha value is -1.36. The summed E-state index contributed by atoms with van der Waals surface area (Å²) in [7, 11) is 0. The van der Waals surface area contributed by atoms with Gasteiger partial charge in [-0.05, 0) is 55.2 Å². The highest BCUT2D eigenvalue weighted by molar-refractivity contribution is 7.98. The van der Waals surface area contributed by atoms with E-state index in [-0.39, 0.29) is 5.91 Å². The van der Waals surface area contributed by atoms with Crippen molar-refractivity contribution in [1.82, 2.24) is 5.32 Å². The highest BCUT2D eigenvalue weighted by atomic mass is 35.5. The van der Waals surface area contributed by atoms with Gasteiger partial charge in [0.15, 0.2) is 6.10 Å². The van der Waals surface area contributed by atoms with Crippen LogP contribution in [0.4, 0.5) is 0 Å². The molecule has 2 rings (SSSR count). The van der Waals surface area contributed by atoms with Crippen LogP contribution in [-0.4, -0.2) is 24.3 Å². The van der Waals surface area contributed by atoms with Crippen molar-refractivity contribution in [3.05, 3.63) is 63.1 Å². The molecule has 1 N–H and O–H groups in total. The number of carbonyl (C=O) groups is 1.